The molecular formula is C23H33F3N4O4Si. The predicted octanol–water partition coefficient (Wildman–Crippen LogP) is 5.50. The summed E-state index contributed by atoms with van der Waals surface area (Å²) in [7, 11) is -0.452. The van der Waals surface area contributed by atoms with Crippen molar-refractivity contribution in [3.8, 4) is 11.4 Å². The third-order valence-electron chi connectivity index (χ3n) is 6.90. The van der Waals surface area contributed by atoms with E-state index in [4.69, 9.17) is 4.43 Å². The molecule has 0 spiro atoms. The third kappa shape index (κ3) is 6.41. The minimum atomic E-state index is -4.74. The molecule has 2 aromatic rings. The first-order valence-corrected chi connectivity index (χ1v) is 14.4. The van der Waals surface area contributed by atoms with Gasteiger partial charge in [-0.1, -0.05) is 44.1 Å². The van der Waals surface area contributed by atoms with E-state index in [2.05, 4.69) is 53.4 Å². The maximum Gasteiger partial charge on any atom is 0.471 e. The van der Waals surface area contributed by atoms with Gasteiger partial charge >= 0.3 is 18.2 Å². The Bertz CT molecular complexity index is 1040. The number of benzene rings is 1. The number of rotatable bonds is 7. The minimum Gasteiger partial charge on any atom is -0.465 e. The van der Waals surface area contributed by atoms with E-state index in [1.165, 1.54) is 11.9 Å². The van der Waals surface area contributed by atoms with Crippen LogP contribution in [0.1, 0.15) is 44.7 Å². The summed E-state index contributed by atoms with van der Waals surface area (Å²) >= 11 is 0. The highest BCUT2D eigenvalue weighted by molar-refractivity contribution is 6.74. The Kier molecular flexibility index (Phi) is 7.68. The van der Waals surface area contributed by atoms with Gasteiger partial charge in [0.15, 0.2) is 8.32 Å². The first kappa shape index (κ1) is 27.1. The van der Waals surface area contributed by atoms with Crippen LogP contribution < -0.4 is 0 Å². The lowest BCUT2D eigenvalue weighted by Gasteiger charge is -2.38. The molecule has 0 unspecified atom stereocenters. The fourth-order valence-corrected chi connectivity index (χ4v) is 5.20. The summed E-state index contributed by atoms with van der Waals surface area (Å²) in [6, 6.07) is 6.01. The Balaban J connectivity index is 1.79. The van der Waals surface area contributed by atoms with Gasteiger partial charge in [0.25, 0.3) is 0 Å². The highest BCUT2D eigenvalue weighted by Crippen LogP contribution is 2.38. The molecule has 1 saturated heterocycles. The number of halogens is 3. The van der Waals surface area contributed by atoms with E-state index in [1.807, 2.05) is 0 Å². The monoisotopic (exact) mass is 514 g/mol. The first-order valence-electron chi connectivity index (χ1n) is 11.5. The Labute approximate surface area is 204 Å². The molecule has 0 saturated carbocycles. The lowest BCUT2D eigenvalue weighted by Crippen LogP contribution is -2.45. The quantitative estimate of drug-likeness (QED) is 0.488. The van der Waals surface area contributed by atoms with Crippen LogP contribution in [-0.2, 0) is 10.6 Å². The number of carbonyl (C=O) groups is 1. The molecule has 1 N–H and O–H groups in total. The molecule has 1 aliphatic rings. The number of aromatic nitrogens is 2. The first-order chi connectivity index (χ1) is 16.1. The van der Waals surface area contributed by atoms with Crippen molar-refractivity contribution in [2.75, 3.05) is 26.7 Å². The van der Waals surface area contributed by atoms with E-state index in [-0.39, 0.29) is 17.0 Å². The van der Waals surface area contributed by atoms with Gasteiger partial charge in [-0.3, -0.25) is 4.90 Å². The fourth-order valence-electron chi connectivity index (χ4n) is 3.82. The van der Waals surface area contributed by atoms with Crippen LogP contribution in [0.3, 0.4) is 0 Å². The molecule has 0 radical (unpaired) electrons. The van der Waals surface area contributed by atoms with E-state index in [1.54, 1.807) is 24.3 Å². The highest BCUT2D eigenvalue weighted by atomic mass is 28.4. The molecule has 1 aromatic carbocycles. The summed E-state index contributed by atoms with van der Waals surface area (Å²) < 4.78 is 49.5. The van der Waals surface area contributed by atoms with Crippen LogP contribution in [0, 0.1) is 0 Å². The number of hydrogen-bond donors (Lipinski definition) is 1. The molecule has 2 heterocycles. The number of likely N-dealkylation sites (tertiary alicyclic amines) is 1. The summed E-state index contributed by atoms with van der Waals surface area (Å²) in [5.41, 5.74) is 0.936. The second-order valence-electron chi connectivity index (χ2n) is 10.5. The van der Waals surface area contributed by atoms with Gasteiger partial charge in [-0.25, -0.2) is 4.79 Å². The van der Waals surface area contributed by atoms with E-state index in [9.17, 15) is 23.1 Å². The van der Waals surface area contributed by atoms with Gasteiger partial charge in [0, 0.05) is 32.2 Å². The molecule has 0 aliphatic carbocycles. The molecule has 194 valence electrons. The van der Waals surface area contributed by atoms with Crippen LogP contribution in [0.25, 0.3) is 11.4 Å². The summed E-state index contributed by atoms with van der Waals surface area (Å²) in [5, 5.41) is 13.2. The Morgan fingerprint density at radius 3 is 2.60 bits per heavy atom. The maximum atomic E-state index is 12.9. The number of amides is 1. The van der Waals surface area contributed by atoms with Crippen molar-refractivity contribution in [1.29, 1.82) is 0 Å². The molecule has 2 atom stereocenters. The molecular weight excluding hydrogens is 481 g/mol. The van der Waals surface area contributed by atoms with E-state index < -0.39 is 32.5 Å². The van der Waals surface area contributed by atoms with Gasteiger partial charge in [-0.2, -0.15) is 18.2 Å². The summed E-state index contributed by atoms with van der Waals surface area (Å²) in [5.74, 6) is -1.64. The van der Waals surface area contributed by atoms with Crippen LogP contribution in [0.15, 0.2) is 28.8 Å². The molecule has 1 aliphatic heterocycles. The van der Waals surface area contributed by atoms with Crippen molar-refractivity contribution in [1.82, 2.24) is 19.9 Å². The fraction of sp³-hybridized carbons (Fsp3) is 0.609. The molecule has 0 bridgehead atoms. The minimum absolute atomic E-state index is 0.0816. The zero-order chi connectivity index (χ0) is 26.2. The average Bonchev–Trinajstić information content (AvgIpc) is 3.40. The predicted molar refractivity (Wildman–Crippen MR) is 126 cm³/mol. The molecule has 8 nitrogen and oxygen atoms in total. The average molecular weight is 515 g/mol. The maximum absolute atomic E-state index is 12.9. The van der Waals surface area contributed by atoms with Gasteiger partial charge in [0.05, 0.1) is 12.1 Å². The number of nitrogens with zero attached hydrogens (tertiary/aromatic N) is 4. The summed E-state index contributed by atoms with van der Waals surface area (Å²) in [4.78, 5) is 18.7. The van der Waals surface area contributed by atoms with E-state index in [0.29, 0.717) is 24.2 Å². The number of likely N-dealkylation sites (N-methyl/N-ethyl adjacent to an activating group) is 1. The van der Waals surface area contributed by atoms with Gasteiger partial charge in [0.2, 0.25) is 5.82 Å². The van der Waals surface area contributed by atoms with Crippen molar-refractivity contribution in [2.45, 2.75) is 63.6 Å². The topological polar surface area (TPSA) is 91.9 Å². The zero-order valence-electron chi connectivity index (χ0n) is 20.9. The summed E-state index contributed by atoms with van der Waals surface area (Å²) in [6.45, 7) is 12.9. The Morgan fingerprint density at radius 1 is 1.34 bits per heavy atom. The van der Waals surface area contributed by atoms with Gasteiger partial charge in [0.1, 0.15) is 0 Å². The van der Waals surface area contributed by atoms with E-state index >= 15 is 0 Å². The molecule has 1 aromatic heterocycles. The normalized spacial score (nSPS) is 18.6. The molecule has 35 heavy (non-hydrogen) atoms. The zero-order valence-corrected chi connectivity index (χ0v) is 21.9. The lowest BCUT2D eigenvalue weighted by molar-refractivity contribution is -0.159. The van der Waals surface area contributed by atoms with Crippen LogP contribution >= 0.6 is 0 Å². The number of hydrogen-bond acceptors (Lipinski definition) is 6. The molecule has 3 rings (SSSR count). The second-order valence-corrected chi connectivity index (χ2v) is 15.3. The molecule has 1 amide bonds. The van der Waals surface area contributed by atoms with Crippen LogP contribution in [0.4, 0.5) is 18.0 Å². The third-order valence-corrected chi connectivity index (χ3v) is 11.4. The smallest absolute Gasteiger partial charge is 0.465 e. The second kappa shape index (κ2) is 9.90. The van der Waals surface area contributed by atoms with Gasteiger partial charge in [-0.05, 0) is 36.2 Å². The number of carboxylic acid groups (broad SMARTS) is 1. The van der Waals surface area contributed by atoms with Crippen LogP contribution in [0.5, 0.6) is 0 Å². The van der Waals surface area contributed by atoms with Crippen molar-refractivity contribution in [3.63, 3.8) is 0 Å². The Hall–Kier alpha value is -2.44. The standard InChI is InChI=1S/C23H33F3N4O4Si/c1-22(2,3)35(5,6)34-17-10-11-30(13-17)14-18(29(4)21(31)32)15-8-7-9-16(12-15)19-27-20(33-28-19)23(24,25)26/h7-9,12,17-18H,10-11,13-14H2,1-6H3,(H,31,32)/t17-,18+/m0/s1. The van der Waals surface area contributed by atoms with E-state index in [0.717, 1.165) is 13.0 Å². The Morgan fingerprint density at radius 2 is 2.03 bits per heavy atom. The van der Waals surface area contributed by atoms with Crippen LogP contribution in [-0.4, -0.2) is 72.2 Å². The highest BCUT2D eigenvalue weighted by Gasteiger charge is 2.41. The molecule has 1 fully saturated rings. The van der Waals surface area contributed by atoms with Crippen LogP contribution in [0.2, 0.25) is 18.1 Å². The van der Waals surface area contributed by atoms with Crippen molar-refractivity contribution < 1.29 is 32.0 Å². The van der Waals surface area contributed by atoms with Gasteiger partial charge in [-0.15, -0.1) is 0 Å². The van der Waals surface area contributed by atoms with Gasteiger partial charge < -0.3 is 19.0 Å². The lowest BCUT2D eigenvalue weighted by atomic mass is 10.0. The largest absolute Gasteiger partial charge is 0.471 e. The SMILES string of the molecule is CN(C(=O)O)[C@H](CN1CC[C@H](O[Si](C)(C)C(C)(C)C)C1)c1cccc(-c2noc(C(F)(F)F)n2)c1. The van der Waals surface area contributed by atoms with Crippen molar-refractivity contribution in [3.05, 3.63) is 35.7 Å². The summed E-state index contributed by atoms with van der Waals surface area (Å²) in [6.07, 6.45) is -4.90. The van der Waals surface area contributed by atoms with Crippen molar-refractivity contribution >= 4 is 14.4 Å². The number of alkyl halides is 3. The molecule has 12 heteroatoms. The van der Waals surface area contributed by atoms with Crippen molar-refractivity contribution in [2.24, 2.45) is 0 Å².